The first-order valence-electron chi connectivity index (χ1n) is 5.56. The lowest BCUT2D eigenvalue weighted by atomic mass is 10.2. The van der Waals surface area contributed by atoms with Crippen molar-refractivity contribution >= 4 is 9.84 Å². The van der Waals surface area contributed by atoms with Gasteiger partial charge in [-0.05, 0) is 43.5 Å². The Labute approximate surface area is 102 Å². The molecule has 0 aliphatic heterocycles. The number of hydrogen-bond donors (Lipinski definition) is 1. The standard InChI is InChI=1S/C12H17NO3S/c1-9-7-10(16-2)3-4-11(9)17(14,15)12(8-13)5-6-12/h3-4,7H,5-6,8,13H2,1-2H3. The summed E-state index contributed by atoms with van der Waals surface area (Å²) in [5.74, 6) is 0.666. The fourth-order valence-electron chi connectivity index (χ4n) is 2.01. The van der Waals surface area contributed by atoms with Gasteiger partial charge in [-0.1, -0.05) is 0 Å². The first-order chi connectivity index (χ1) is 7.97. The summed E-state index contributed by atoms with van der Waals surface area (Å²) >= 11 is 0. The molecule has 1 aliphatic rings. The van der Waals surface area contributed by atoms with Gasteiger partial charge in [0, 0.05) is 6.54 Å². The van der Waals surface area contributed by atoms with E-state index in [1.54, 1.807) is 32.2 Å². The summed E-state index contributed by atoms with van der Waals surface area (Å²) in [4.78, 5) is 0.376. The number of methoxy groups -OCH3 is 1. The molecular weight excluding hydrogens is 238 g/mol. The van der Waals surface area contributed by atoms with Gasteiger partial charge in [-0.25, -0.2) is 8.42 Å². The van der Waals surface area contributed by atoms with Crippen molar-refractivity contribution in [1.82, 2.24) is 0 Å². The lowest BCUT2D eigenvalue weighted by Gasteiger charge is -2.16. The van der Waals surface area contributed by atoms with Crippen LogP contribution in [0.2, 0.25) is 0 Å². The van der Waals surface area contributed by atoms with Crippen LogP contribution in [0.25, 0.3) is 0 Å². The van der Waals surface area contributed by atoms with Gasteiger partial charge in [0.2, 0.25) is 0 Å². The molecule has 4 nitrogen and oxygen atoms in total. The minimum absolute atomic E-state index is 0.195. The third kappa shape index (κ3) is 1.83. The van der Waals surface area contributed by atoms with Gasteiger partial charge >= 0.3 is 0 Å². The Morgan fingerprint density at radius 2 is 2.06 bits per heavy atom. The first-order valence-corrected chi connectivity index (χ1v) is 7.04. The number of ether oxygens (including phenoxy) is 1. The predicted octanol–water partition coefficient (Wildman–Crippen LogP) is 1.27. The quantitative estimate of drug-likeness (QED) is 0.879. The number of rotatable bonds is 4. The van der Waals surface area contributed by atoms with E-state index in [0.717, 1.165) is 0 Å². The third-order valence-corrected chi connectivity index (χ3v) is 6.17. The van der Waals surface area contributed by atoms with Crippen LogP contribution in [0.4, 0.5) is 0 Å². The third-order valence-electron chi connectivity index (χ3n) is 3.42. The van der Waals surface area contributed by atoms with Gasteiger partial charge in [0.05, 0.1) is 16.8 Å². The molecule has 1 fully saturated rings. The van der Waals surface area contributed by atoms with E-state index < -0.39 is 14.6 Å². The Balaban J connectivity index is 2.48. The van der Waals surface area contributed by atoms with Crippen molar-refractivity contribution in [2.75, 3.05) is 13.7 Å². The maximum atomic E-state index is 12.4. The van der Waals surface area contributed by atoms with Crippen LogP contribution in [0.1, 0.15) is 18.4 Å². The molecule has 1 aliphatic carbocycles. The van der Waals surface area contributed by atoms with E-state index >= 15 is 0 Å². The fourth-order valence-corrected chi connectivity index (χ4v) is 4.06. The van der Waals surface area contributed by atoms with Crippen molar-refractivity contribution in [3.8, 4) is 5.75 Å². The molecule has 5 heteroatoms. The number of sulfone groups is 1. The zero-order valence-corrected chi connectivity index (χ0v) is 10.9. The normalized spacial score (nSPS) is 17.8. The Hall–Kier alpha value is -1.07. The highest BCUT2D eigenvalue weighted by Gasteiger charge is 2.54. The SMILES string of the molecule is COc1ccc(S(=O)(=O)C2(CN)CC2)c(C)c1. The first kappa shape index (κ1) is 12.4. The predicted molar refractivity (Wildman–Crippen MR) is 65.9 cm³/mol. The minimum Gasteiger partial charge on any atom is -0.497 e. The summed E-state index contributed by atoms with van der Waals surface area (Å²) in [7, 11) is -1.75. The molecule has 0 spiro atoms. The van der Waals surface area contributed by atoms with E-state index in [-0.39, 0.29) is 6.54 Å². The lowest BCUT2D eigenvalue weighted by molar-refractivity contribution is 0.414. The molecule has 17 heavy (non-hydrogen) atoms. The van der Waals surface area contributed by atoms with Gasteiger partial charge in [-0.15, -0.1) is 0 Å². The summed E-state index contributed by atoms with van der Waals surface area (Å²) in [6, 6.07) is 5.02. The molecular formula is C12H17NO3S. The van der Waals surface area contributed by atoms with Crippen LogP contribution >= 0.6 is 0 Å². The minimum atomic E-state index is -3.31. The monoisotopic (exact) mass is 255 g/mol. The van der Waals surface area contributed by atoms with E-state index in [0.29, 0.717) is 29.1 Å². The van der Waals surface area contributed by atoms with Gasteiger partial charge < -0.3 is 10.5 Å². The Kier molecular flexibility index (Phi) is 2.91. The van der Waals surface area contributed by atoms with Crippen molar-refractivity contribution in [3.63, 3.8) is 0 Å². The molecule has 0 saturated heterocycles. The molecule has 2 N–H and O–H groups in total. The summed E-state index contributed by atoms with van der Waals surface area (Å²) in [6.45, 7) is 1.98. The molecule has 2 rings (SSSR count). The summed E-state index contributed by atoms with van der Waals surface area (Å²) in [5, 5.41) is 0. The van der Waals surface area contributed by atoms with Gasteiger partial charge in [-0.2, -0.15) is 0 Å². The summed E-state index contributed by atoms with van der Waals surface area (Å²) in [6.07, 6.45) is 1.33. The zero-order valence-electron chi connectivity index (χ0n) is 10.1. The second-order valence-electron chi connectivity index (χ2n) is 4.52. The second-order valence-corrected chi connectivity index (χ2v) is 6.83. The molecule has 0 amide bonds. The van der Waals surface area contributed by atoms with Crippen molar-refractivity contribution in [1.29, 1.82) is 0 Å². The van der Waals surface area contributed by atoms with Crippen LogP contribution in [-0.2, 0) is 9.84 Å². The highest BCUT2D eigenvalue weighted by molar-refractivity contribution is 7.93. The van der Waals surface area contributed by atoms with E-state index in [4.69, 9.17) is 10.5 Å². The topological polar surface area (TPSA) is 69.4 Å². The van der Waals surface area contributed by atoms with E-state index in [1.807, 2.05) is 0 Å². The molecule has 0 unspecified atom stereocenters. The van der Waals surface area contributed by atoms with Crippen LogP contribution < -0.4 is 10.5 Å². The highest BCUT2D eigenvalue weighted by atomic mass is 32.2. The molecule has 0 heterocycles. The molecule has 0 atom stereocenters. The van der Waals surface area contributed by atoms with Gasteiger partial charge in [0.15, 0.2) is 9.84 Å². The maximum Gasteiger partial charge on any atom is 0.185 e. The molecule has 1 aromatic carbocycles. The van der Waals surface area contributed by atoms with Crippen LogP contribution in [0.5, 0.6) is 5.75 Å². The Morgan fingerprint density at radius 3 is 2.47 bits per heavy atom. The summed E-state index contributed by atoms with van der Waals surface area (Å²) < 4.78 is 29.2. The van der Waals surface area contributed by atoms with E-state index in [2.05, 4.69) is 0 Å². The molecule has 0 aromatic heterocycles. The van der Waals surface area contributed by atoms with Crippen molar-refractivity contribution in [3.05, 3.63) is 23.8 Å². The van der Waals surface area contributed by atoms with Crippen LogP contribution in [-0.4, -0.2) is 26.8 Å². The van der Waals surface area contributed by atoms with Crippen LogP contribution in [0.15, 0.2) is 23.1 Å². The van der Waals surface area contributed by atoms with Crippen molar-refractivity contribution in [2.45, 2.75) is 29.4 Å². The Bertz CT molecular complexity index is 533. The fraction of sp³-hybridized carbons (Fsp3) is 0.500. The molecule has 0 bridgehead atoms. The highest BCUT2D eigenvalue weighted by Crippen LogP contribution is 2.46. The van der Waals surface area contributed by atoms with Gasteiger partial charge in [-0.3, -0.25) is 0 Å². The number of hydrogen-bond acceptors (Lipinski definition) is 4. The van der Waals surface area contributed by atoms with Crippen LogP contribution in [0, 0.1) is 6.92 Å². The average molecular weight is 255 g/mol. The number of nitrogens with two attached hydrogens (primary N) is 1. The molecule has 94 valence electrons. The van der Waals surface area contributed by atoms with Gasteiger partial charge in [0.1, 0.15) is 5.75 Å². The maximum absolute atomic E-state index is 12.4. The van der Waals surface area contributed by atoms with E-state index in [1.165, 1.54) is 0 Å². The molecule has 0 radical (unpaired) electrons. The average Bonchev–Trinajstić information content (AvgIpc) is 3.09. The zero-order chi connectivity index (χ0) is 12.7. The molecule has 1 aromatic rings. The van der Waals surface area contributed by atoms with Crippen molar-refractivity contribution in [2.24, 2.45) is 5.73 Å². The largest absolute Gasteiger partial charge is 0.497 e. The Morgan fingerprint density at radius 1 is 1.41 bits per heavy atom. The van der Waals surface area contributed by atoms with Gasteiger partial charge in [0.25, 0.3) is 0 Å². The molecule has 1 saturated carbocycles. The summed E-state index contributed by atoms with van der Waals surface area (Å²) in [5.41, 5.74) is 6.31. The number of benzene rings is 1. The van der Waals surface area contributed by atoms with Crippen LogP contribution in [0.3, 0.4) is 0 Å². The van der Waals surface area contributed by atoms with Crippen molar-refractivity contribution < 1.29 is 13.2 Å². The number of aryl methyl sites for hydroxylation is 1. The second kappa shape index (κ2) is 3.99. The van der Waals surface area contributed by atoms with E-state index in [9.17, 15) is 8.42 Å². The lowest BCUT2D eigenvalue weighted by Crippen LogP contribution is -2.32. The smallest absolute Gasteiger partial charge is 0.185 e.